The number of hydrogen-bond donors (Lipinski definition) is 2. The largest absolute Gasteiger partial charge is 0.142 e. The Labute approximate surface area is 120 Å². The molecule has 1 aliphatic rings. The van der Waals surface area contributed by atoms with Gasteiger partial charge in [-0.1, -0.05) is 47.6 Å². The fourth-order valence-corrected chi connectivity index (χ4v) is 2.55. The second-order valence-electron chi connectivity index (χ2n) is 4.77. The van der Waals surface area contributed by atoms with Crippen LogP contribution in [0.25, 0.3) is 4.91 Å². The maximum absolute atomic E-state index is 4.64. The van der Waals surface area contributed by atoms with Crippen LogP contribution in [0, 0.1) is 6.92 Å². The fraction of sp³-hybridized carbons (Fsp3) is 0.250. The van der Waals surface area contributed by atoms with Gasteiger partial charge in [-0.2, -0.15) is 0 Å². The van der Waals surface area contributed by atoms with E-state index in [2.05, 4.69) is 75.5 Å². The van der Waals surface area contributed by atoms with Crippen molar-refractivity contribution >= 4 is 30.2 Å². The lowest BCUT2D eigenvalue weighted by atomic mass is 9.98. The molecule has 1 aromatic rings. The Morgan fingerprint density at radius 1 is 0.889 bits per heavy atom. The van der Waals surface area contributed by atoms with Crippen molar-refractivity contribution in [3.05, 3.63) is 63.6 Å². The minimum Gasteiger partial charge on any atom is -0.142 e. The molecule has 0 N–H and O–H groups in total. The highest BCUT2D eigenvalue weighted by Crippen LogP contribution is 2.33. The number of rotatable bonds is 2. The van der Waals surface area contributed by atoms with Crippen LogP contribution in [0.1, 0.15) is 30.9 Å². The molecule has 0 unspecified atom stereocenters. The molecule has 2 heteroatoms. The van der Waals surface area contributed by atoms with Gasteiger partial charge in [-0.3, -0.25) is 0 Å². The minimum absolute atomic E-state index is 0.956. The number of aryl methyl sites for hydroxylation is 1. The zero-order chi connectivity index (χ0) is 13.1. The topological polar surface area (TPSA) is 0 Å². The summed E-state index contributed by atoms with van der Waals surface area (Å²) in [5.41, 5.74) is 5.09. The van der Waals surface area contributed by atoms with E-state index in [0.29, 0.717) is 0 Å². The second-order valence-corrected chi connectivity index (χ2v) is 5.66. The molecule has 0 radical (unpaired) electrons. The van der Waals surface area contributed by atoms with Crippen molar-refractivity contribution in [2.24, 2.45) is 0 Å². The maximum Gasteiger partial charge on any atom is 0.0249 e. The third-order valence-corrected chi connectivity index (χ3v) is 4.38. The van der Waals surface area contributed by atoms with Crippen LogP contribution in [0.3, 0.4) is 0 Å². The fourth-order valence-electron chi connectivity index (χ4n) is 1.94. The lowest BCUT2D eigenvalue weighted by Gasteiger charge is -2.14. The molecular formula is C16H18S2. The van der Waals surface area contributed by atoms with Gasteiger partial charge in [0.05, 0.1) is 0 Å². The summed E-state index contributed by atoms with van der Waals surface area (Å²) in [5.74, 6) is 0. The standard InChI is InChI=1S/C16H18S2/c1-11-3-7-13(8-4-11)15(17)16(18)14-9-5-12(2)6-10-14/h3-5,7-9,17-18H,6,10H2,1-2H3/b16-15-. The highest BCUT2D eigenvalue weighted by Gasteiger charge is 2.10. The third kappa shape index (κ3) is 3.12. The predicted octanol–water partition coefficient (Wildman–Crippen LogP) is 5.19. The van der Waals surface area contributed by atoms with Gasteiger partial charge < -0.3 is 0 Å². The van der Waals surface area contributed by atoms with Crippen molar-refractivity contribution in [3.8, 4) is 0 Å². The van der Waals surface area contributed by atoms with E-state index in [4.69, 9.17) is 0 Å². The highest BCUT2D eigenvalue weighted by molar-refractivity contribution is 7.93. The minimum atomic E-state index is 0.956. The second kappa shape index (κ2) is 5.85. The molecule has 1 aromatic carbocycles. The van der Waals surface area contributed by atoms with Crippen molar-refractivity contribution in [2.45, 2.75) is 26.7 Å². The number of allylic oxidation sites excluding steroid dienone is 4. The summed E-state index contributed by atoms with van der Waals surface area (Å²) in [6.07, 6.45) is 6.50. The van der Waals surface area contributed by atoms with Crippen LogP contribution in [-0.4, -0.2) is 0 Å². The molecule has 0 spiro atoms. The van der Waals surface area contributed by atoms with Gasteiger partial charge in [0.1, 0.15) is 0 Å². The van der Waals surface area contributed by atoms with Crippen LogP contribution in [0.2, 0.25) is 0 Å². The van der Waals surface area contributed by atoms with Crippen molar-refractivity contribution < 1.29 is 0 Å². The first-order valence-corrected chi connectivity index (χ1v) is 7.03. The van der Waals surface area contributed by atoms with Gasteiger partial charge in [0.25, 0.3) is 0 Å². The molecule has 0 saturated carbocycles. The van der Waals surface area contributed by atoms with E-state index < -0.39 is 0 Å². The molecule has 2 rings (SSSR count). The van der Waals surface area contributed by atoms with Crippen LogP contribution in [0.15, 0.2) is 52.5 Å². The highest BCUT2D eigenvalue weighted by atomic mass is 32.1. The molecule has 1 aliphatic carbocycles. The van der Waals surface area contributed by atoms with Crippen LogP contribution in [-0.2, 0) is 0 Å². The van der Waals surface area contributed by atoms with Crippen LogP contribution >= 0.6 is 25.3 Å². The summed E-state index contributed by atoms with van der Waals surface area (Å²) in [4.78, 5) is 1.95. The van der Waals surface area contributed by atoms with E-state index >= 15 is 0 Å². The summed E-state index contributed by atoms with van der Waals surface area (Å²) < 4.78 is 0. The zero-order valence-electron chi connectivity index (χ0n) is 10.8. The first-order valence-electron chi connectivity index (χ1n) is 6.14. The van der Waals surface area contributed by atoms with E-state index in [1.807, 2.05) is 0 Å². The van der Waals surface area contributed by atoms with Crippen molar-refractivity contribution in [2.75, 3.05) is 0 Å². The summed E-state index contributed by atoms with van der Waals surface area (Å²) in [6, 6.07) is 8.40. The Morgan fingerprint density at radius 3 is 2.11 bits per heavy atom. The van der Waals surface area contributed by atoms with Crippen LogP contribution in [0.5, 0.6) is 0 Å². The SMILES string of the molecule is CC1=CC=C(/C(S)=C(/S)c2ccc(C)cc2)CC1. The molecular weight excluding hydrogens is 256 g/mol. The number of hydrogen-bond acceptors (Lipinski definition) is 2. The molecule has 0 aromatic heterocycles. The molecule has 94 valence electrons. The Kier molecular flexibility index (Phi) is 4.41. The Balaban J connectivity index is 2.33. The lowest BCUT2D eigenvalue weighted by molar-refractivity contribution is 0.926. The average Bonchev–Trinajstić information content (AvgIpc) is 2.39. The Morgan fingerprint density at radius 2 is 1.56 bits per heavy atom. The van der Waals surface area contributed by atoms with Crippen molar-refractivity contribution in [3.63, 3.8) is 0 Å². The normalized spacial score (nSPS) is 16.9. The summed E-state index contributed by atoms with van der Waals surface area (Å²) in [7, 11) is 0. The summed E-state index contributed by atoms with van der Waals surface area (Å²) in [5, 5.41) is 0. The number of benzene rings is 1. The predicted molar refractivity (Wildman–Crippen MR) is 87.1 cm³/mol. The van der Waals surface area contributed by atoms with E-state index in [0.717, 1.165) is 28.2 Å². The van der Waals surface area contributed by atoms with Crippen LogP contribution in [0.4, 0.5) is 0 Å². The van der Waals surface area contributed by atoms with Gasteiger partial charge in [-0.25, -0.2) is 0 Å². The lowest BCUT2D eigenvalue weighted by Crippen LogP contribution is -1.93. The molecule has 18 heavy (non-hydrogen) atoms. The van der Waals surface area contributed by atoms with Crippen LogP contribution < -0.4 is 0 Å². The first kappa shape index (κ1) is 13.6. The molecule has 0 saturated heterocycles. The molecule has 0 bridgehead atoms. The quantitative estimate of drug-likeness (QED) is 0.681. The van der Waals surface area contributed by atoms with Crippen molar-refractivity contribution in [1.82, 2.24) is 0 Å². The molecule has 0 nitrogen and oxygen atoms in total. The van der Waals surface area contributed by atoms with E-state index in [1.54, 1.807) is 0 Å². The van der Waals surface area contributed by atoms with Gasteiger partial charge in [-0.05, 0) is 37.8 Å². The average molecular weight is 274 g/mol. The molecule has 0 fully saturated rings. The van der Waals surface area contributed by atoms with E-state index in [-0.39, 0.29) is 0 Å². The molecule has 0 aliphatic heterocycles. The number of thiol groups is 2. The van der Waals surface area contributed by atoms with Gasteiger partial charge >= 0.3 is 0 Å². The smallest absolute Gasteiger partial charge is 0.0249 e. The Bertz CT molecular complexity index is 531. The first-order chi connectivity index (χ1) is 8.58. The molecule has 0 atom stereocenters. The van der Waals surface area contributed by atoms with Crippen molar-refractivity contribution in [1.29, 1.82) is 0 Å². The van der Waals surface area contributed by atoms with Gasteiger partial charge in [0, 0.05) is 9.81 Å². The van der Waals surface area contributed by atoms with Gasteiger partial charge in [-0.15, -0.1) is 25.3 Å². The van der Waals surface area contributed by atoms with E-state index in [1.165, 1.54) is 16.7 Å². The summed E-state index contributed by atoms with van der Waals surface area (Å²) >= 11 is 9.26. The zero-order valence-corrected chi connectivity index (χ0v) is 12.6. The Hall–Kier alpha value is -0.860. The monoisotopic (exact) mass is 274 g/mol. The van der Waals surface area contributed by atoms with Gasteiger partial charge in [0.2, 0.25) is 0 Å². The maximum atomic E-state index is 4.64. The summed E-state index contributed by atoms with van der Waals surface area (Å²) in [6.45, 7) is 4.25. The van der Waals surface area contributed by atoms with Gasteiger partial charge in [0.15, 0.2) is 0 Å². The van der Waals surface area contributed by atoms with E-state index in [9.17, 15) is 0 Å². The molecule has 0 amide bonds. The third-order valence-electron chi connectivity index (χ3n) is 3.21. The molecule has 0 heterocycles.